The van der Waals surface area contributed by atoms with Crippen LogP contribution in [0.25, 0.3) is 16.7 Å². The normalized spacial score (nSPS) is 11.0. The molecule has 0 bridgehead atoms. The van der Waals surface area contributed by atoms with Crippen LogP contribution in [0.1, 0.15) is 11.4 Å². The second-order valence-corrected chi connectivity index (χ2v) is 7.07. The zero-order valence-corrected chi connectivity index (χ0v) is 15.7. The molecule has 4 aromatic rings. The fraction of sp³-hybridized carbons (Fsp3) is 0.150. The van der Waals surface area contributed by atoms with E-state index in [1.54, 1.807) is 6.20 Å². The highest BCUT2D eigenvalue weighted by Gasteiger charge is 2.11. The summed E-state index contributed by atoms with van der Waals surface area (Å²) in [5.74, 6) is 0.985. The van der Waals surface area contributed by atoms with Crippen LogP contribution in [0.15, 0.2) is 66.1 Å². The summed E-state index contributed by atoms with van der Waals surface area (Å²) >= 11 is 1.41. The van der Waals surface area contributed by atoms with Crippen LogP contribution in [-0.4, -0.2) is 31.2 Å². The van der Waals surface area contributed by atoms with Gasteiger partial charge in [-0.2, -0.15) is 0 Å². The molecule has 0 radical (unpaired) electrons. The number of aromatic amines is 1. The lowest BCUT2D eigenvalue weighted by Gasteiger charge is -2.10. The van der Waals surface area contributed by atoms with E-state index in [1.807, 2.05) is 53.2 Å². The first-order valence-electron chi connectivity index (χ1n) is 8.63. The van der Waals surface area contributed by atoms with Gasteiger partial charge in [-0.15, -0.1) is 0 Å². The number of aryl methyl sites for hydroxylation is 1. The van der Waals surface area contributed by atoms with Crippen LogP contribution in [0.2, 0.25) is 0 Å². The largest absolute Gasteiger partial charge is 0.348 e. The predicted octanol–water partition coefficient (Wildman–Crippen LogP) is 3.47. The molecule has 0 saturated carbocycles. The number of hydrogen-bond donors (Lipinski definition) is 2. The van der Waals surface area contributed by atoms with E-state index < -0.39 is 0 Å². The molecule has 0 aliphatic rings. The van der Waals surface area contributed by atoms with Gasteiger partial charge in [0.1, 0.15) is 5.82 Å². The van der Waals surface area contributed by atoms with Crippen molar-refractivity contribution in [2.24, 2.45) is 0 Å². The molecule has 0 fully saturated rings. The second kappa shape index (κ2) is 7.67. The number of carbonyl (C=O) groups excluding carboxylic acids is 1. The van der Waals surface area contributed by atoms with Crippen molar-refractivity contribution in [2.45, 2.75) is 18.6 Å². The molecule has 0 spiro atoms. The van der Waals surface area contributed by atoms with Crippen molar-refractivity contribution in [1.29, 1.82) is 0 Å². The van der Waals surface area contributed by atoms with E-state index in [2.05, 4.69) is 33.3 Å². The maximum Gasteiger partial charge on any atom is 0.230 e. The Balaban J connectivity index is 1.36. The molecule has 27 heavy (non-hydrogen) atoms. The Morgan fingerprint density at radius 2 is 2.00 bits per heavy atom. The van der Waals surface area contributed by atoms with Crippen molar-refractivity contribution in [1.82, 2.24) is 24.8 Å². The molecule has 2 N–H and O–H groups in total. The Hall–Kier alpha value is -3.06. The van der Waals surface area contributed by atoms with Crippen molar-refractivity contribution < 1.29 is 4.79 Å². The number of benzene rings is 2. The zero-order chi connectivity index (χ0) is 18.6. The van der Waals surface area contributed by atoms with E-state index in [9.17, 15) is 4.79 Å². The lowest BCUT2D eigenvalue weighted by atomic mass is 10.2. The molecule has 2 heterocycles. The Labute approximate surface area is 161 Å². The minimum Gasteiger partial charge on any atom is -0.348 e. The van der Waals surface area contributed by atoms with Crippen LogP contribution in [0, 0.1) is 6.92 Å². The van der Waals surface area contributed by atoms with E-state index in [0.29, 0.717) is 12.3 Å². The number of imidazole rings is 2. The molecular weight excluding hydrogens is 358 g/mol. The van der Waals surface area contributed by atoms with Crippen LogP contribution in [-0.2, 0) is 11.3 Å². The quantitative estimate of drug-likeness (QED) is 0.505. The fourth-order valence-corrected chi connectivity index (χ4v) is 3.66. The molecule has 0 saturated heterocycles. The molecule has 1 amide bonds. The summed E-state index contributed by atoms with van der Waals surface area (Å²) in [6, 6.07) is 15.9. The van der Waals surface area contributed by atoms with Gasteiger partial charge in [0.15, 0.2) is 5.16 Å². The lowest BCUT2D eigenvalue weighted by molar-refractivity contribution is -0.118. The highest BCUT2D eigenvalue weighted by atomic mass is 32.2. The average Bonchev–Trinajstić information content (AvgIpc) is 3.31. The Kier molecular flexibility index (Phi) is 4.93. The fourth-order valence-electron chi connectivity index (χ4n) is 2.87. The molecule has 0 atom stereocenters. The van der Waals surface area contributed by atoms with Gasteiger partial charge in [0.2, 0.25) is 5.91 Å². The smallest absolute Gasteiger partial charge is 0.230 e. The van der Waals surface area contributed by atoms with Crippen LogP contribution >= 0.6 is 11.8 Å². The standard InChI is InChI=1S/C20H19N5OS/c1-14-6-2-5-9-17(14)25-11-10-21-20(25)27-13-19(26)22-12-18-23-15-7-3-4-8-16(15)24-18/h2-11H,12-13H2,1H3,(H,22,26)(H,23,24). The summed E-state index contributed by atoms with van der Waals surface area (Å²) in [5.41, 5.74) is 4.10. The molecule has 0 aliphatic heterocycles. The highest BCUT2D eigenvalue weighted by molar-refractivity contribution is 7.99. The maximum absolute atomic E-state index is 12.2. The third kappa shape index (κ3) is 3.88. The number of nitrogens with zero attached hydrogens (tertiary/aromatic N) is 3. The average molecular weight is 377 g/mol. The van der Waals surface area contributed by atoms with Crippen LogP contribution in [0.5, 0.6) is 0 Å². The third-order valence-corrected chi connectivity index (χ3v) is 5.17. The van der Waals surface area contributed by atoms with E-state index in [4.69, 9.17) is 0 Å². The summed E-state index contributed by atoms with van der Waals surface area (Å²) in [5, 5.41) is 3.70. The van der Waals surface area contributed by atoms with Gasteiger partial charge in [0.25, 0.3) is 0 Å². The van der Waals surface area contributed by atoms with Gasteiger partial charge in [-0.25, -0.2) is 9.97 Å². The topological polar surface area (TPSA) is 75.6 Å². The summed E-state index contributed by atoms with van der Waals surface area (Å²) < 4.78 is 2.01. The minimum absolute atomic E-state index is 0.0558. The predicted molar refractivity (Wildman–Crippen MR) is 107 cm³/mol. The number of carbonyl (C=O) groups is 1. The SMILES string of the molecule is Cc1ccccc1-n1ccnc1SCC(=O)NCc1nc2ccccc2[nH]1. The first-order chi connectivity index (χ1) is 13.2. The van der Waals surface area contributed by atoms with Gasteiger partial charge in [0, 0.05) is 12.4 Å². The van der Waals surface area contributed by atoms with E-state index >= 15 is 0 Å². The van der Waals surface area contributed by atoms with E-state index in [1.165, 1.54) is 11.8 Å². The maximum atomic E-state index is 12.2. The van der Waals surface area contributed by atoms with Gasteiger partial charge < -0.3 is 10.3 Å². The summed E-state index contributed by atoms with van der Waals surface area (Å²) in [6.07, 6.45) is 3.66. The number of hydrogen-bond acceptors (Lipinski definition) is 4. The van der Waals surface area contributed by atoms with E-state index in [-0.39, 0.29) is 5.91 Å². The number of fused-ring (bicyclic) bond motifs is 1. The molecular formula is C20H19N5OS. The van der Waals surface area contributed by atoms with Crippen molar-refractivity contribution in [3.63, 3.8) is 0 Å². The summed E-state index contributed by atoms with van der Waals surface area (Å²) in [7, 11) is 0. The zero-order valence-electron chi connectivity index (χ0n) is 14.8. The second-order valence-electron chi connectivity index (χ2n) is 6.13. The Morgan fingerprint density at radius 3 is 2.85 bits per heavy atom. The van der Waals surface area contributed by atoms with Crippen LogP contribution in [0.4, 0.5) is 0 Å². The molecule has 0 unspecified atom stereocenters. The van der Waals surface area contributed by atoms with Crippen molar-refractivity contribution in [2.75, 3.05) is 5.75 Å². The van der Waals surface area contributed by atoms with Gasteiger partial charge in [-0.05, 0) is 30.7 Å². The van der Waals surface area contributed by atoms with Gasteiger partial charge in [0.05, 0.1) is 29.0 Å². The molecule has 6 nitrogen and oxygen atoms in total. The molecule has 2 aromatic heterocycles. The number of para-hydroxylation sites is 3. The summed E-state index contributed by atoms with van der Waals surface area (Å²) in [4.78, 5) is 24.3. The van der Waals surface area contributed by atoms with E-state index in [0.717, 1.165) is 33.3 Å². The van der Waals surface area contributed by atoms with Crippen LogP contribution in [0.3, 0.4) is 0 Å². The Bertz CT molecular complexity index is 1050. The van der Waals surface area contributed by atoms with Crippen LogP contribution < -0.4 is 5.32 Å². The number of aromatic nitrogens is 4. The first-order valence-corrected chi connectivity index (χ1v) is 9.62. The number of amides is 1. The third-order valence-electron chi connectivity index (χ3n) is 4.21. The number of H-pyrrole nitrogens is 1. The number of rotatable bonds is 6. The number of thioether (sulfide) groups is 1. The Morgan fingerprint density at radius 1 is 1.19 bits per heavy atom. The molecule has 7 heteroatoms. The molecule has 4 rings (SSSR count). The van der Waals surface area contributed by atoms with Gasteiger partial charge >= 0.3 is 0 Å². The van der Waals surface area contributed by atoms with Gasteiger partial charge in [-0.1, -0.05) is 42.1 Å². The van der Waals surface area contributed by atoms with Gasteiger partial charge in [-0.3, -0.25) is 9.36 Å². The number of nitrogens with one attached hydrogen (secondary N) is 2. The van der Waals surface area contributed by atoms with Crippen molar-refractivity contribution >= 4 is 28.7 Å². The molecule has 136 valence electrons. The highest BCUT2D eigenvalue weighted by Crippen LogP contribution is 2.22. The lowest BCUT2D eigenvalue weighted by Crippen LogP contribution is -2.25. The molecule has 2 aromatic carbocycles. The molecule has 0 aliphatic carbocycles. The minimum atomic E-state index is -0.0558. The summed E-state index contributed by atoms with van der Waals surface area (Å²) in [6.45, 7) is 2.43. The first kappa shape index (κ1) is 17.4. The van der Waals surface area contributed by atoms with Crippen molar-refractivity contribution in [3.05, 3.63) is 72.3 Å². The van der Waals surface area contributed by atoms with Crippen molar-refractivity contribution in [3.8, 4) is 5.69 Å². The monoisotopic (exact) mass is 377 g/mol.